The average Bonchev–Trinajstić information content (AvgIpc) is 3.58. The van der Waals surface area contributed by atoms with E-state index in [1.54, 1.807) is 28.4 Å². The molecule has 1 aliphatic carbocycles. The van der Waals surface area contributed by atoms with Crippen molar-refractivity contribution in [2.24, 2.45) is 23.7 Å². The van der Waals surface area contributed by atoms with Crippen LogP contribution in [0.4, 0.5) is 0 Å². The molecule has 0 aromatic carbocycles. The molecule has 180 valence electrons. The third-order valence-electron chi connectivity index (χ3n) is 7.28. The second-order valence-electron chi connectivity index (χ2n) is 9.20. The molecule has 6 heteroatoms. The van der Waals surface area contributed by atoms with E-state index in [2.05, 4.69) is 26.8 Å². The van der Waals surface area contributed by atoms with E-state index < -0.39 is 6.29 Å². The number of rotatable bonds is 12. The number of aliphatic hydroxyl groups is 1. The molecule has 0 aromatic heterocycles. The zero-order chi connectivity index (χ0) is 23.1. The first-order valence-corrected chi connectivity index (χ1v) is 11.6. The second kappa shape index (κ2) is 12.5. The Bertz CT molecular complexity index is 587. The fourth-order valence-corrected chi connectivity index (χ4v) is 5.06. The first-order valence-electron chi connectivity index (χ1n) is 11.6. The standard InChI is InChI=1S/C25H44O6/c1-9-20(27-5)17(4)18-13-19(18)23(26)15(2)11-10-12-16(3)24-21(28-6)14-22(29-7)25(30-8)31-24/h10-12,15,17-26H,9,13-14H2,1-8H3/b11-10+,16-12+/t15-,17-,18-,19+,20-,21-,22+,23+,24+,25+/m0/s1. The molecule has 6 nitrogen and oxygen atoms in total. The molecule has 31 heavy (non-hydrogen) atoms. The van der Waals surface area contributed by atoms with Gasteiger partial charge in [0, 0.05) is 40.8 Å². The Morgan fingerprint density at radius 2 is 1.71 bits per heavy atom. The van der Waals surface area contributed by atoms with Gasteiger partial charge in [0.25, 0.3) is 0 Å². The number of ether oxygens (including phenoxy) is 5. The van der Waals surface area contributed by atoms with Gasteiger partial charge in [-0.3, -0.25) is 0 Å². The molecule has 10 atom stereocenters. The lowest BCUT2D eigenvalue weighted by molar-refractivity contribution is -0.256. The van der Waals surface area contributed by atoms with Crippen molar-refractivity contribution in [1.29, 1.82) is 0 Å². The topological polar surface area (TPSA) is 66.4 Å². The maximum Gasteiger partial charge on any atom is 0.184 e. The quantitative estimate of drug-likeness (QED) is 0.463. The number of methoxy groups -OCH3 is 4. The van der Waals surface area contributed by atoms with E-state index in [1.807, 2.05) is 19.1 Å². The Labute approximate surface area is 188 Å². The summed E-state index contributed by atoms with van der Waals surface area (Å²) in [7, 11) is 6.77. The van der Waals surface area contributed by atoms with Crippen molar-refractivity contribution >= 4 is 0 Å². The van der Waals surface area contributed by atoms with Gasteiger partial charge >= 0.3 is 0 Å². The highest BCUT2D eigenvalue weighted by atomic mass is 16.7. The van der Waals surface area contributed by atoms with Gasteiger partial charge in [-0.1, -0.05) is 39.0 Å². The highest BCUT2D eigenvalue weighted by Crippen LogP contribution is 2.49. The molecule has 0 spiro atoms. The van der Waals surface area contributed by atoms with Crippen LogP contribution in [-0.2, 0) is 23.7 Å². The van der Waals surface area contributed by atoms with Crippen LogP contribution < -0.4 is 0 Å². The zero-order valence-corrected chi connectivity index (χ0v) is 20.6. The minimum atomic E-state index is -0.415. The Morgan fingerprint density at radius 1 is 1.03 bits per heavy atom. The van der Waals surface area contributed by atoms with E-state index in [0.29, 0.717) is 24.2 Å². The van der Waals surface area contributed by atoms with Crippen LogP contribution in [0.3, 0.4) is 0 Å². The normalized spacial score (nSPS) is 35.7. The van der Waals surface area contributed by atoms with Gasteiger partial charge in [0.15, 0.2) is 6.29 Å². The summed E-state index contributed by atoms with van der Waals surface area (Å²) in [6.45, 7) is 8.53. The fourth-order valence-electron chi connectivity index (χ4n) is 5.06. The maximum absolute atomic E-state index is 10.8. The molecule has 0 bridgehead atoms. The van der Waals surface area contributed by atoms with E-state index in [1.165, 1.54) is 0 Å². The van der Waals surface area contributed by atoms with Gasteiger partial charge in [0.05, 0.1) is 18.3 Å². The number of allylic oxidation sites excluding steroid dienone is 2. The molecule has 2 aliphatic rings. The Hall–Kier alpha value is -0.760. The Kier molecular flexibility index (Phi) is 10.7. The molecular formula is C25H44O6. The second-order valence-corrected chi connectivity index (χ2v) is 9.20. The van der Waals surface area contributed by atoms with Gasteiger partial charge in [-0.15, -0.1) is 0 Å². The van der Waals surface area contributed by atoms with E-state index in [9.17, 15) is 5.11 Å². The molecular weight excluding hydrogens is 396 g/mol. The van der Waals surface area contributed by atoms with Crippen LogP contribution in [0.25, 0.3) is 0 Å². The molecule has 0 aromatic rings. The van der Waals surface area contributed by atoms with Crippen molar-refractivity contribution < 1.29 is 28.8 Å². The van der Waals surface area contributed by atoms with Crippen molar-refractivity contribution in [3.8, 4) is 0 Å². The Balaban J connectivity index is 1.93. The van der Waals surface area contributed by atoms with Crippen LogP contribution in [0.1, 0.15) is 47.0 Å². The smallest absolute Gasteiger partial charge is 0.184 e. The highest BCUT2D eigenvalue weighted by Gasteiger charge is 2.48. The lowest BCUT2D eigenvalue weighted by atomic mass is 9.91. The zero-order valence-electron chi connectivity index (χ0n) is 20.6. The fraction of sp³-hybridized carbons (Fsp3) is 0.840. The van der Waals surface area contributed by atoms with Gasteiger partial charge in [-0.2, -0.15) is 0 Å². The predicted octanol–water partition coefficient (Wildman–Crippen LogP) is 3.97. The number of aliphatic hydroxyl groups excluding tert-OH is 1. The van der Waals surface area contributed by atoms with Crippen LogP contribution in [0.5, 0.6) is 0 Å². The summed E-state index contributed by atoms with van der Waals surface area (Å²) in [5, 5.41) is 10.8. The van der Waals surface area contributed by atoms with Gasteiger partial charge in [0.1, 0.15) is 12.2 Å². The van der Waals surface area contributed by atoms with Gasteiger partial charge in [-0.05, 0) is 43.1 Å². The summed E-state index contributed by atoms with van der Waals surface area (Å²) in [6.07, 6.45) is 8.05. The van der Waals surface area contributed by atoms with Crippen LogP contribution in [0.2, 0.25) is 0 Å². The van der Waals surface area contributed by atoms with E-state index in [-0.39, 0.29) is 36.4 Å². The van der Waals surface area contributed by atoms with Gasteiger partial charge < -0.3 is 28.8 Å². The summed E-state index contributed by atoms with van der Waals surface area (Å²) >= 11 is 0. The van der Waals surface area contributed by atoms with E-state index in [0.717, 1.165) is 18.4 Å². The third kappa shape index (κ3) is 6.62. The first-order chi connectivity index (χ1) is 14.8. The van der Waals surface area contributed by atoms with Crippen molar-refractivity contribution in [2.45, 2.75) is 83.8 Å². The lowest BCUT2D eigenvalue weighted by Gasteiger charge is -2.39. The van der Waals surface area contributed by atoms with Crippen molar-refractivity contribution in [1.82, 2.24) is 0 Å². The lowest BCUT2D eigenvalue weighted by Crippen LogP contribution is -2.49. The minimum absolute atomic E-state index is 0.0870. The molecule has 1 heterocycles. The summed E-state index contributed by atoms with van der Waals surface area (Å²) in [5.74, 6) is 1.47. The van der Waals surface area contributed by atoms with E-state index >= 15 is 0 Å². The molecule has 1 aliphatic heterocycles. The molecule has 2 rings (SSSR count). The number of hydrogen-bond acceptors (Lipinski definition) is 6. The summed E-state index contributed by atoms with van der Waals surface area (Å²) < 4.78 is 28.3. The molecule has 1 N–H and O–H groups in total. The first kappa shape index (κ1) is 26.5. The third-order valence-corrected chi connectivity index (χ3v) is 7.28. The summed E-state index contributed by atoms with van der Waals surface area (Å²) in [6, 6.07) is 0. The van der Waals surface area contributed by atoms with Crippen LogP contribution in [0, 0.1) is 23.7 Å². The average molecular weight is 441 g/mol. The van der Waals surface area contributed by atoms with Gasteiger partial charge in [0.2, 0.25) is 0 Å². The van der Waals surface area contributed by atoms with E-state index in [4.69, 9.17) is 23.7 Å². The predicted molar refractivity (Wildman–Crippen MR) is 122 cm³/mol. The van der Waals surface area contributed by atoms with Crippen LogP contribution >= 0.6 is 0 Å². The van der Waals surface area contributed by atoms with Crippen molar-refractivity contribution in [3.05, 3.63) is 23.8 Å². The van der Waals surface area contributed by atoms with Crippen molar-refractivity contribution in [2.75, 3.05) is 28.4 Å². The largest absolute Gasteiger partial charge is 0.392 e. The summed E-state index contributed by atoms with van der Waals surface area (Å²) in [4.78, 5) is 0. The van der Waals surface area contributed by atoms with Crippen LogP contribution in [0.15, 0.2) is 23.8 Å². The number of hydrogen-bond donors (Lipinski definition) is 1. The molecule has 0 amide bonds. The van der Waals surface area contributed by atoms with Crippen molar-refractivity contribution in [3.63, 3.8) is 0 Å². The summed E-state index contributed by atoms with van der Waals surface area (Å²) in [5.41, 5.74) is 1.06. The molecule has 0 unspecified atom stereocenters. The Morgan fingerprint density at radius 3 is 2.26 bits per heavy atom. The highest BCUT2D eigenvalue weighted by molar-refractivity contribution is 5.18. The van der Waals surface area contributed by atoms with Crippen LogP contribution in [-0.4, -0.2) is 70.4 Å². The monoisotopic (exact) mass is 440 g/mol. The molecule has 2 fully saturated rings. The molecule has 0 radical (unpaired) electrons. The SMILES string of the molecule is CC[C@H](OC)[C@@H](C)[C@@H]1C[C@H]1[C@H](O)[C@@H](C)/C=C/C=C(\C)[C@H]1O[C@@H](OC)[C@H](OC)C[C@@H]1OC. The molecule has 1 saturated heterocycles. The van der Waals surface area contributed by atoms with Gasteiger partial charge in [-0.25, -0.2) is 0 Å². The minimum Gasteiger partial charge on any atom is -0.392 e. The molecule has 1 saturated carbocycles. The maximum atomic E-state index is 10.8.